The van der Waals surface area contributed by atoms with Crippen LogP contribution in [0.1, 0.15) is 0 Å². The maximum atomic E-state index is 9.38. The summed E-state index contributed by atoms with van der Waals surface area (Å²) in [5.41, 5.74) is 0. The van der Waals surface area contributed by atoms with Gasteiger partial charge in [0.25, 0.3) is 0 Å². The first-order valence-corrected chi connectivity index (χ1v) is 6.38. The monoisotopic (exact) mass is 318 g/mol. The van der Waals surface area contributed by atoms with Gasteiger partial charge in [-0.1, -0.05) is 0 Å². The Morgan fingerprint density at radius 1 is 0.864 bits per heavy atom. The molecule has 0 saturated heterocycles. The molecular formula is C11H22N6O5. The van der Waals surface area contributed by atoms with Crippen molar-refractivity contribution in [3.8, 4) is 0 Å². The number of aliphatic hydroxyl groups excluding tert-OH is 2. The summed E-state index contributed by atoms with van der Waals surface area (Å²) < 4.78 is 14.9. The first-order chi connectivity index (χ1) is 10.7. The number of methoxy groups -OCH3 is 3. The highest BCUT2D eigenvalue weighted by molar-refractivity contribution is 5.44. The van der Waals surface area contributed by atoms with Crippen LogP contribution < -0.4 is 15.1 Å². The summed E-state index contributed by atoms with van der Waals surface area (Å²) in [4.78, 5) is 15.3. The second-order valence-corrected chi connectivity index (χ2v) is 4.07. The zero-order chi connectivity index (χ0) is 16.4. The zero-order valence-corrected chi connectivity index (χ0v) is 12.9. The van der Waals surface area contributed by atoms with Crippen molar-refractivity contribution in [2.45, 2.75) is 0 Å². The van der Waals surface area contributed by atoms with Gasteiger partial charge in [0.1, 0.15) is 33.7 Å². The molecule has 0 spiro atoms. The van der Waals surface area contributed by atoms with Gasteiger partial charge in [0.2, 0.25) is 17.8 Å². The predicted molar refractivity (Wildman–Crippen MR) is 78.2 cm³/mol. The van der Waals surface area contributed by atoms with Crippen LogP contribution >= 0.6 is 0 Å². The molecule has 126 valence electrons. The number of hydrogen-bond donors (Lipinski definition) is 3. The number of hydrogen-bond acceptors (Lipinski definition) is 11. The maximum Gasteiger partial charge on any atom is 0.235 e. The van der Waals surface area contributed by atoms with E-state index in [4.69, 9.17) is 14.2 Å². The molecule has 0 atom stereocenters. The molecule has 1 aromatic rings. The van der Waals surface area contributed by atoms with Gasteiger partial charge < -0.3 is 29.7 Å². The Balaban J connectivity index is 3.13. The van der Waals surface area contributed by atoms with Crippen LogP contribution in [0.2, 0.25) is 0 Å². The number of ether oxygens (including phenoxy) is 3. The van der Waals surface area contributed by atoms with Crippen LogP contribution in [0.25, 0.3) is 0 Å². The second kappa shape index (κ2) is 10.0. The smallest absolute Gasteiger partial charge is 0.235 e. The van der Waals surface area contributed by atoms with Gasteiger partial charge in [-0.2, -0.15) is 15.0 Å². The lowest BCUT2D eigenvalue weighted by Crippen LogP contribution is -2.32. The van der Waals surface area contributed by atoms with Gasteiger partial charge in [-0.15, -0.1) is 0 Å². The molecule has 0 aliphatic carbocycles. The van der Waals surface area contributed by atoms with Crippen LogP contribution in [0.3, 0.4) is 0 Å². The topological polar surface area (TPSA) is 125 Å². The minimum absolute atomic E-state index is 0.0904. The molecule has 3 N–H and O–H groups in total. The molecule has 11 heteroatoms. The van der Waals surface area contributed by atoms with Crippen LogP contribution in [-0.4, -0.2) is 80.1 Å². The Morgan fingerprint density at radius 2 is 1.36 bits per heavy atom. The Morgan fingerprint density at radius 3 is 1.73 bits per heavy atom. The summed E-state index contributed by atoms with van der Waals surface area (Å²) in [6.07, 6.45) is 0. The first-order valence-electron chi connectivity index (χ1n) is 6.38. The third-order valence-electron chi connectivity index (χ3n) is 2.46. The standard InChI is InChI=1S/C11H22N6O5/c1-20-4-12-9-13-10(16(5-18)7-21-2)15-11(14-9)17(6-19)8-22-3/h18-19H,4-8H2,1-3H3,(H,12,13,14,15). The highest BCUT2D eigenvalue weighted by Gasteiger charge is 2.16. The number of nitrogens with zero attached hydrogens (tertiary/aromatic N) is 5. The van der Waals surface area contributed by atoms with Gasteiger partial charge in [0.15, 0.2) is 0 Å². The van der Waals surface area contributed by atoms with Crippen LogP contribution in [0.4, 0.5) is 17.8 Å². The van der Waals surface area contributed by atoms with Crippen LogP contribution in [0.5, 0.6) is 0 Å². The molecule has 0 bridgehead atoms. The van der Waals surface area contributed by atoms with Crippen molar-refractivity contribution in [2.75, 3.05) is 70.1 Å². The molecular weight excluding hydrogens is 296 g/mol. The molecule has 11 nitrogen and oxygen atoms in total. The van der Waals surface area contributed by atoms with Crippen molar-refractivity contribution < 1.29 is 24.4 Å². The van der Waals surface area contributed by atoms with Gasteiger partial charge in [-0.25, -0.2) is 0 Å². The molecule has 1 heterocycles. The van der Waals surface area contributed by atoms with Crippen molar-refractivity contribution in [3.63, 3.8) is 0 Å². The number of aromatic nitrogens is 3. The molecule has 0 aromatic carbocycles. The van der Waals surface area contributed by atoms with Crippen molar-refractivity contribution in [1.29, 1.82) is 0 Å². The third kappa shape index (κ3) is 5.20. The molecule has 0 fully saturated rings. The van der Waals surface area contributed by atoms with Gasteiger partial charge in [-0.05, 0) is 0 Å². The van der Waals surface area contributed by atoms with Crippen LogP contribution in [-0.2, 0) is 14.2 Å². The Hall–Kier alpha value is -1.79. The van der Waals surface area contributed by atoms with Gasteiger partial charge >= 0.3 is 0 Å². The highest BCUT2D eigenvalue weighted by Crippen LogP contribution is 2.16. The van der Waals surface area contributed by atoms with E-state index in [9.17, 15) is 10.2 Å². The van der Waals surface area contributed by atoms with E-state index in [0.717, 1.165) is 0 Å². The third-order valence-corrected chi connectivity index (χ3v) is 2.46. The molecule has 0 unspecified atom stereocenters. The van der Waals surface area contributed by atoms with Crippen molar-refractivity contribution in [1.82, 2.24) is 15.0 Å². The number of nitrogens with one attached hydrogen (secondary N) is 1. The average molecular weight is 318 g/mol. The van der Waals surface area contributed by atoms with E-state index in [1.807, 2.05) is 0 Å². The molecule has 0 radical (unpaired) electrons. The molecule has 0 saturated carbocycles. The summed E-state index contributed by atoms with van der Waals surface area (Å²) in [5.74, 6) is 0.593. The largest absolute Gasteiger partial charge is 0.376 e. The summed E-state index contributed by atoms with van der Waals surface area (Å²) in [6, 6.07) is 0. The fraction of sp³-hybridized carbons (Fsp3) is 0.727. The van der Waals surface area contributed by atoms with Gasteiger partial charge in [-0.3, -0.25) is 9.80 Å². The minimum Gasteiger partial charge on any atom is -0.376 e. The fourth-order valence-corrected chi connectivity index (χ4v) is 1.49. The Bertz CT molecular complexity index is 405. The summed E-state index contributed by atoms with van der Waals surface area (Å²) in [5, 5.41) is 21.6. The maximum absolute atomic E-state index is 9.38. The number of anilines is 3. The van der Waals surface area contributed by atoms with E-state index in [1.165, 1.54) is 31.1 Å². The molecule has 0 aliphatic rings. The van der Waals surface area contributed by atoms with E-state index >= 15 is 0 Å². The Kier molecular flexibility index (Phi) is 8.32. The Labute approximate surface area is 128 Å². The minimum atomic E-state index is -0.343. The fourth-order valence-electron chi connectivity index (χ4n) is 1.49. The molecule has 1 rings (SSSR count). The number of rotatable bonds is 11. The van der Waals surface area contributed by atoms with Crippen molar-refractivity contribution in [3.05, 3.63) is 0 Å². The summed E-state index contributed by atoms with van der Waals surface area (Å²) in [7, 11) is 4.49. The highest BCUT2D eigenvalue weighted by atomic mass is 16.5. The molecule has 1 aromatic heterocycles. The van der Waals surface area contributed by atoms with Crippen LogP contribution in [0, 0.1) is 0 Å². The summed E-state index contributed by atoms with van der Waals surface area (Å²) >= 11 is 0. The van der Waals surface area contributed by atoms with E-state index < -0.39 is 0 Å². The predicted octanol–water partition coefficient (Wildman–Crippen LogP) is -1.39. The van der Waals surface area contributed by atoms with Gasteiger partial charge in [0, 0.05) is 21.3 Å². The summed E-state index contributed by atoms with van der Waals surface area (Å²) in [6.45, 7) is -0.315. The SMILES string of the molecule is COCNc1nc(N(CO)COC)nc(N(CO)COC)n1. The first kappa shape index (κ1) is 18.3. The molecule has 22 heavy (non-hydrogen) atoms. The van der Waals surface area contributed by atoms with Gasteiger partial charge in [0.05, 0.1) is 0 Å². The normalized spacial score (nSPS) is 10.6. The van der Waals surface area contributed by atoms with E-state index in [2.05, 4.69) is 20.3 Å². The lowest BCUT2D eigenvalue weighted by molar-refractivity contribution is 0.163. The van der Waals surface area contributed by atoms with Crippen molar-refractivity contribution in [2.24, 2.45) is 0 Å². The number of aliphatic hydroxyl groups is 2. The van der Waals surface area contributed by atoms with Crippen LogP contribution in [0.15, 0.2) is 0 Å². The quantitative estimate of drug-likeness (QED) is 0.417. The van der Waals surface area contributed by atoms with Crippen molar-refractivity contribution >= 4 is 17.8 Å². The molecule has 0 aliphatic heterocycles. The molecule has 0 amide bonds. The van der Waals surface area contributed by atoms with E-state index in [1.54, 1.807) is 0 Å². The van der Waals surface area contributed by atoms with E-state index in [-0.39, 0.29) is 51.5 Å². The second-order valence-electron chi connectivity index (χ2n) is 4.07. The average Bonchev–Trinajstić information content (AvgIpc) is 2.55. The lowest BCUT2D eigenvalue weighted by atomic mass is 10.7. The lowest BCUT2D eigenvalue weighted by Gasteiger charge is -2.23. The zero-order valence-electron chi connectivity index (χ0n) is 12.9. The van der Waals surface area contributed by atoms with E-state index in [0.29, 0.717) is 0 Å².